The Hall–Kier alpha value is -2.14. The van der Waals surface area contributed by atoms with E-state index in [0.717, 1.165) is 11.0 Å². The molecule has 0 bridgehead atoms. The Kier molecular flexibility index (Phi) is 5.11. The zero-order valence-electron chi connectivity index (χ0n) is 11.3. The van der Waals surface area contributed by atoms with E-state index in [1.807, 2.05) is 18.4 Å². The van der Waals surface area contributed by atoms with Gasteiger partial charge in [0, 0.05) is 16.0 Å². The van der Waals surface area contributed by atoms with E-state index in [4.69, 9.17) is 4.74 Å². The number of ketones is 1. The number of hydrogen-bond acceptors (Lipinski definition) is 4. The molecule has 21 heavy (non-hydrogen) atoms. The summed E-state index contributed by atoms with van der Waals surface area (Å²) in [5, 5.41) is 0. The Bertz CT molecular complexity index is 653. The number of ether oxygens (including phenoxy) is 1. The zero-order chi connectivity index (χ0) is 15.2. The van der Waals surface area contributed by atoms with Crippen LogP contribution in [0.3, 0.4) is 0 Å². The molecule has 0 saturated carbocycles. The molecule has 2 rings (SSSR count). The molecule has 0 unspecified atom stereocenters. The maximum absolute atomic E-state index is 13.6. The molecule has 0 fully saturated rings. The highest BCUT2D eigenvalue weighted by Crippen LogP contribution is 2.19. The topological polar surface area (TPSA) is 43.4 Å². The maximum atomic E-state index is 13.6. The van der Waals surface area contributed by atoms with Crippen molar-refractivity contribution in [3.63, 3.8) is 0 Å². The van der Waals surface area contributed by atoms with Gasteiger partial charge in [-0.25, -0.2) is 4.39 Å². The van der Waals surface area contributed by atoms with Crippen LogP contribution in [0.5, 0.6) is 5.75 Å². The number of aldehydes is 1. The highest BCUT2D eigenvalue weighted by Gasteiger charge is 2.10. The first-order valence-electron chi connectivity index (χ1n) is 6.19. The number of hydrogen-bond donors (Lipinski definition) is 0. The second-order valence-electron chi connectivity index (χ2n) is 4.25. The third kappa shape index (κ3) is 3.92. The standard InChI is InChI=1S/C16H13FO3S/c1-21-13-5-3-12(4-6-13)15(19)10-20-16-7-2-11(9-18)8-14(16)17/h2-9H,10H2,1H3. The monoisotopic (exact) mass is 304 g/mol. The number of thioether (sulfide) groups is 1. The average molecular weight is 304 g/mol. The fraction of sp³-hybridized carbons (Fsp3) is 0.125. The molecule has 0 aliphatic rings. The van der Waals surface area contributed by atoms with E-state index in [1.165, 1.54) is 12.1 Å². The van der Waals surface area contributed by atoms with Crippen molar-refractivity contribution < 1.29 is 18.7 Å². The van der Waals surface area contributed by atoms with Crippen LogP contribution in [0.15, 0.2) is 47.4 Å². The van der Waals surface area contributed by atoms with Gasteiger partial charge in [-0.1, -0.05) is 12.1 Å². The van der Waals surface area contributed by atoms with Gasteiger partial charge in [0.1, 0.15) is 6.29 Å². The van der Waals surface area contributed by atoms with Crippen LogP contribution in [0.25, 0.3) is 0 Å². The molecule has 108 valence electrons. The Morgan fingerprint density at radius 2 is 1.95 bits per heavy atom. The van der Waals surface area contributed by atoms with Gasteiger partial charge in [0.2, 0.25) is 0 Å². The van der Waals surface area contributed by atoms with Crippen LogP contribution >= 0.6 is 11.8 Å². The van der Waals surface area contributed by atoms with Crippen LogP contribution < -0.4 is 4.74 Å². The predicted octanol–water partition coefficient (Wildman–Crippen LogP) is 3.62. The van der Waals surface area contributed by atoms with Crippen molar-refractivity contribution in [1.29, 1.82) is 0 Å². The van der Waals surface area contributed by atoms with Crippen LogP contribution in [0.1, 0.15) is 20.7 Å². The van der Waals surface area contributed by atoms with Crippen molar-refractivity contribution in [2.24, 2.45) is 0 Å². The average Bonchev–Trinajstić information content (AvgIpc) is 2.53. The van der Waals surface area contributed by atoms with Gasteiger partial charge in [-0.3, -0.25) is 9.59 Å². The number of carbonyl (C=O) groups excluding carboxylic acids is 2. The van der Waals surface area contributed by atoms with Gasteiger partial charge in [0.25, 0.3) is 0 Å². The molecule has 2 aromatic rings. The summed E-state index contributed by atoms with van der Waals surface area (Å²) in [5.74, 6) is -0.943. The number of carbonyl (C=O) groups is 2. The van der Waals surface area contributed by atoms with Gasteiger partial charge >= 0.3 is 0 Å². The number of Topliss-reactive ketones (excluding diaryl/α,β-unsaturated/α-hetero) is 1. The first kappa shape index (κ1) is 15.3. The highest BCUT2D eigenvalue weighted by atomic mass is 32.2. The third-order valence-electron chi connectivity index (χ3n) is 2.86. The normalized spacial score (nSPS) is 10.2. The van der Waals surface area contributed by atoms with Gasteiger partial charge in [0.15, 0.2) is 24.0 Å². The maximum Gasteiger partial charge on any atom is 0.200 e. The fourth-order valence-corrected chi connectivity index (χ4v) is 2.12. The van der Waals surface area contributed by atoms with E-state index in [-0.39, 0.29) is 23.7 Å². The number of halogens is 1. The summed E-state index contributed by atoms with van der Waals surface area (Å²) >= 11 is 1.58. The molecule has 3 nitrogen and oxygen atoms in total. The van der Waals surface area contributed by atoms with Crippen LogP contribution in [0, 0.1) is 5.82 Å². The minimum Gasteiger partial charge on any atom is -0.482 e. The second-order valence-corrected chi connectivity index (χ2v) is 5.13. The summed E-state index contributed by atoms with van der Waals surface area (Å²) in [4.78, 5) is 23.5. The van der Waals surface area contributed by atoms with Crippen molar-refractivity contribution in [2.45, 2.75) is 4.90 Å². The molecule has 5 heteroatoms. The summed E-state index contributed by atoms with van der Waals surface area (Å²) in [5.41, 5.74) is 0.733. The fourth-order valence-electron chi connectivity index (χ4n) is 1.71. The summed E-state index contributed by atoms with van der Waals surface area (Å²) in [7, 11) is 0. The number of benzene rings is 2. The molecule has 0 saturated heterocycles. The van der Waals surface area contributed by atoms with Gasteiger partial charge in [-0.2, -0.15) is 0 Å². The minimum absolute atomic E-state index is 0.0466. The smallest absolute Gasteiger partial charge is 0.200 e. The Balaban J connectivity index is 2.01. The van der Waals surface area contributed by atoms with Crippen molar-refractivity contribution in [1.82, 2.24) is 0 Å². The molecular weight excluding hydrogens is 291 g/mol. The van der Waals surface area contributed by atoms with Crippen molar-refractivity contribution in [2.75, 3.05) is 12.9 Å². The van der Waals surface area contributed by atoms with E-state index in [1.54, 1.807) is 23.9 Å². The molecule has 2 aromatic carbocycles. The van der Waals surface area contributed by atoms with E-state index in [9.17, 15) is 14.0 Å². The lowest BCUT2D eigenvalue weighted by Crippen LogP contribution is -2.12. The molecule has 0 aliphatic heterocycles. The summed E-state index contributed by atoms with van der Waals surface area (Å²) in [6.07, 6.45) is 2.50. The lowest BCUT2D eigenvalue weighted by Gasteiger charge is -2.07. The molecule has 0 aromatic heterocycles. The van der Waals surface area contributed by atoms with Crippen LogP contribution in [0.2, 0.25) is 0 Å². The van der Waals surface area contributed by atoms with Crippen LogP contribution in [-0.4, -0.2) is 24.9 Å². The molecule has 0 radical (unpaired) electrons. The molecule has 0 amide bonds. The Morgan fingerprint density at radius 1 is 1.24 bits per heavy atom. The first-order chi connectivity index (χ1) is 10.1. The highest BCUT2D eigenvalue weighted by molar-refractivity contribution is 7.98. The lowest BCUT2D eigenvalue weighted by molar-refractivity contribution is 0.0918. The molecule has 0 heterocycles. The van der Waals surface area contributed by atoms with Crippen molar-refractivity contribution in [3.8, 4) is 5.75 Å². The van der Waals surface area contributed by atoms with E-state index in [2.05, 4.69) is 0 Å². The summed E-state index contributed by atoms with van der Waals surface area (Å²) in [6.45, 7) is -0.254. The predicted molar refractivity (Wildman–Crippen MR) is 79.8 cm³/mol. The zero-order valence-corrected chi connectivity index (χ0v) is 12.2. The van der Waals surface area contributed by atoms with Gasteiger partial charge in [-0.15, -0.1) is 11.8 Å². The second kappa shape index (κ2) is 7.04. The molecule has 0 N–H and O–H groups in total. The van der Waals surface area contributed by atoms with Crippen LogP contribution in [0.4, 0.5) is 4.39 Å². The van der Waals surface area contributed by atoms with Crippen LogP contribution in [-0.2, 0) is 0 Å². The Labute approximate surface area is 126 Å². The summed E-state index contributed by atoms with van der Waals surface area (Å²) < 4.78 is 18.8. The molecule has 0 aliphatic carbocycles. The molecule has 0 atom stereocenters. The van der Waals surface area contributed by atoms with E-state index >= 15 is 0 Å². The van der Waals surface area contributed by atoms with E-state index in [0.29, 0.717) is 11.8 Å². The first-order valence-corrected chi connectivity index (χ1v) is 7.41. The van der Waals surface area contributed by atoms with E-state index < -0.39 is 5.82 Å². The van der Waals surface area contributed by atoms with Gasteiger partial charge < -0.3 is 4.74 Å². The minimum atomic E-state index is -0.662. The molecular formula is C16H13FO3S. The number of rotatable bonds is 6. The largest absolute Gasteiger partial charge is 0.482 e. The van der Waals surface area contributed by atoms with Gasteiger partial charge in [-0.05, 0) is 36.6 Å². The quantitative estimate of drug-likeness (QED) is 0.464. The third-order valence-corrected chi connectivity index (χ3v) is 3.61. The molecule has 0 spiro atoms. The lowest BCUT2D eigenvalue weighted by atomic mass is 10.1. The van der Waals surface area contributed by atoms with Crippen molar-refractivity contribution in [3.05, 3.63) is 59.4 Å². The van der Waals surface area contributed by atoms with Gasteiger partial charge in [0.05, 0.1) is 0 Å². The van der Waals surface area contributed by atoms with Crippen molar-refractivity contribution >= 4 is 23.8 Å². The SMILES string of the molecule is CSc1ccc(C(=O)COc2ccc(C=O)cc2F)cc1. The summed E-state index contributed by atoms with van der Waals surface area (Å²) in [6, 6.07) is 11.0. The Morgan fingerprint density at radius 3 is 2.52 bits per heavy atom.